The Balaban J connectivity index is 1.75. The standard InChI is InChI=1S/C25H27F3N2OS/c1-5-30(4)20-12-8-17(9-13-20)21(31)14-15-22-23(16(2)3)29-24(32-22)18-6-10-19(11-7-18)25(26,27)28/h6-13,16H,5,14-15H2,1-4H3. The Morgan fingerprint density at radius 1 is 1.06 bits per heavy atom. The van der Waals surface area contributed by atoms with E-state index in [9.17, 15) is 18.0 Å². The molecule has 0 aliphatic carbocycles. The Morgan fingerprint density at radius 2 is 1.69 bits per heavy atom. The average Bonchev–Trinajstić information content (AvgIpc) is 3.21. The van der Waals surface area contributed by atoms with Gasteiger partial charge in [-0.05, 0) is 55.7 Å². The van der Waals surface area contributed by atoms with Crippen LogP contribution in [0.5, 0.6) is 0 Å². The van der Waals surface area contributed by atoms with Gasteiger partial charge >= 0.3 is 6.18 Å². The molecule has 0 fully saturated rings. The predicted octanol–water partition coefficient (Wildman–Crippen LogP) is 7.22. The van der Waals surface area contributed by atoms with Crippen LogP contribution in [0.4, 0.5) is 18.9 Å². The molecule has 0 unspecified atom stereocenters. The predicted molar refractivity (Wildman–Crippen MR) is 125 cm³/mol. The number of ketones is 1. The van der Waals surface area contributed by atoms with E-state index >= 15 is 0 Å². The molecule has 3 rings (SSSR count). The van der Waals surface area contributed by atoms with E-state index in [1.165, 1.54) is 23.5 Å². The number of aryl methyl sites for hydroxylation is 1. The van der Waals surface area contributed by atoms with Crippen LogP contribution in [0.3, 0.4) is 0 Å². The third kappa shape index (κ3) is 5.57. The second-order valence-electron chi connectivity index (χ2n) is 8.04. The maximum Gasteiger partial charge on any atom is 0.416 e. The minimum absolute atomic E-state index is 0.0647. The second-order valence-corrected chi connectivity index (χ2v) is 9.13. The van der Waals surface area contributed by atoms with Crippen molar-refractivity contribution in [3.05, 3.63) is 70.2 Å². The van der Waals surface area contributed by atoms with Gasteiger partial charge in [0.2, 0.25) is 0 Å². The Labute approximate surface area is 190 Å². The normalized spacial score (nSPS) is 11.8. The minimum atomic E-state index is -4.36. The molecule has 170 valence electrons. The van der Waals surface area contributed by atoms with Gasteiger partial charge in [-0.25, -0.2) is 4.98 Å². The van der Waals surface area contributed by atoms with E-state index in [1.54, 1.807) is 0 Å². The summed E-state index contributed by atoms with van der Waals surface area (Å²) in [6.07, 6.45) is -3.45. The van der Waals surface area contributed by atoms with E-state index in [-0.39, 0.29) is 11.7 Å². The summed E-state index contributed by atoms with van der Waals surface area (Å²) < 4.78 is 38.5. The van der Waals surface area contributed by atoms with Crippen LogP contribution >= 0.6 is 11.3 Å². The van der Waals surface area contributed by atoms with E-state index in [1.807, 2.05) is 45.2 Å². The lowest BCUT2D eigenvalue weighted by Crippen LogP contribution is -2.15. The first-order chi connectivity index (χ1) is 15.1. The molecule has 3 aromatic rings. The molecular formula is C25H27F3N2OS. The highest BCUT2D eigenvalue weighted by Crippen LogP contribution is 2.35. The Morgan fingerprint density at radius 3 is 2.22 bits per heavy atom. The van der Waals surface area contributed by atoms with Crippen LogP contribution in [0.1, 0.15) is 59.6 Å². The van der Waals surface area contributed by atoms with Gasteiger partial charge in [-0.2, -0.15) is 13.2 Å². The molecule has 0 amide bonds. The molecule has 3 nitrogen and oxygen atoms in total. The summed E-state index contributed by atoms with van der Waals surface area (Å²) in [7, 11) is 2.00. The Kier molecular flexibility index (Phi) is 7.39. The minimum Gasteiger partial charge on any atom is -0.375 e. The zero-order valence-corrected chi connectivity index (χ0v) is 19.5. The summed E-state index contributed by atoms with van der Waals surface area (Å²) in [5.41, 5.74) is 2.62. The van der Waals surface area contributed by atoms with Crippen molar-refractivity contribution in [2.45, 2.75) is 45.7 Å². The van der Waals surface area contributed by atoms with Gasteiger partial charge in [-0.1, -0.05) is 26.0 Å². The van der Waals surface area contributed by atoms with E-state index in [4.69, 9.17) is 0 Å². The molecule has 7 heteroatoms. The van der Waals surface area contributed by atoms with Crippen LogP contribution in [0.2, 0.25) is 0 Å². The van der Waals surface area contributed by atoms with Crippen molar-refractivity contribution in [3.63, 3.8) is 0 Å². The van der Waals surface area contributed by atoms with Crippen molar-refractivity contribution in [1.82, 2.24) is 4.98 Å². The quantitative estimate of drug-likeness (QED) is 0.333. The monoisotopic (exact) mass is 460 g/mol. The molecule has 0 bridgehead atoms. The SMILES string of the molecule is CCN(C)c1ccc(C(=O)CCc2sc(-c3ccc(C(F)(F)F)cc3)nc2C(C)C)cc1. The van der Waals surface area contributed by atoms with Gasteiger partial charge in [0.15, 0.2) is 5.78 Å². The van der Waals surface area contributed by atoms with Crippen LogP contribution in [0, 0.1) is 0 Å². The summed E-state index contributed by atoms with van der Waals surface area (Å²) in [6, 6.07) is 12.7. The second kappa shape index (κ2) is 9.86. The molecule has 0 aliphatic rings. The van der Waals surface area contributed by atoms with Crippen LogP contribution in [0.25, 0.3) is 10.6 Å². The zero-order chi connectivity index (χ0) is 23.5. The van der Waals surface area contributed by atoms with Crippen LogP contribution in [0.15, 0.2) is 48.5 Å². The fourth-order valence-electron chi connectivity index (χ4n) is 3.37. The maximum absolute atomic E-state index is 12.8. The van der Waals surface area contributed by atoms with Gasteiger partial charge in [-0.3, -0.25) is 4.79 Å². The number of alkyl halides is 3. The molecule has 0 saturated heterocycles. The fraction of sp³-hybridized carbons (Fsp3) is 0.360. The van der Waals surface area contributed by atoms with Crippen molar-refractivity contribution >= 4 is 22.8 Å². The number of hydrogen-bond acceptors (Lipinski definition) is 4. The summed E-state index contributed by atoms with van der Waals surface area (Å²) in [4.78, 5) is 20.5. The molecule has 0 aliphatic heterocycles. The third-order valence-electron chi connectivity index (χ3n) is 5.42. The van der Waals surface area contributed by atoms with E-state index in [0.717, 1.165) is 34.9 Å². The molecule has 1 heterocycles. The number of benzene rings is 2. The van der Waals surface area contributed by atoms with Crippen molar-refractivity contribution < 1.29 is 18.0 Å². The zero-order valence-electron chi connectivity index (χ0n) is 18.7. The number of Topliss-reactive ketones (excluding diaryl/α,β-unsaturated/α-hetero) is 1. The summed E-state index contributed by atoms with van der Waals surface area (Å²) in [5.74, 6) is 0.221. The first-order valence-corrected chi connectivity index (χ1v) is 11.4. The van der Waals surface area contributed by atoms with Gasteiger partial charge < -0.3 is 4.90 Å². The van der Waals surface area contributed by atoms with Gasteiger partial charge in [0.05, 0.1) is 11.3 Å². The van der Waals surface area contributed by atoms with E-state index < -0.39 is 11.7 Å². The number of halogens is 3. The van der Waals surface area contributed by atoms with Crippen molar-refractivity contribution in [2.75, 3.05) is 18.5 Å². The average molecular weight is 461 g/mol. The number of thiazole rings is 1. The summed E-state index contributed by atoms with van der Waals surface area (Å²) >= 11 is 1.45. The molecule has 32 heavy (non-hydrogen) atoms. The van der Waals surface area contributed by atoms with Crippen molar-refractivity contribution in [2.24, 2.45) is 0 Å². The highest BCUT2D eigenvalue weighted by molar-refractivity contribution is 7.15. The van der Waals surface area contributed by atoms with Crippen molar-refractivity contribution in [3.8, 4) is 10.6 Å². The number of nitrogens with zero attached hydrogens (tertiary/aromatic N) is 2. The highest BCUT2D eigenvalue weighted by Gasteiger charge is 2.30. The molecule has 0 spiro atoms. The topological polar surface area (TPSA) is 33.2 Å². The fourth-order valence-corrected chi connectivity index (χ4v) is 4.60. The number of aromatic nitrogens is 1. The van der Waals surface area contributed by atoms with Gasteiger partial charge in [0.25, 0.3) is 0 Å². The number of anilines is 1. The van der Waals surface area contributed by atoms with Crippen LogP contribution in [-0.4, -0.2) is 24.4 Å². The highest BCUT2D eigenvalue weighted by atomic mass is 32.1. The molecular weight excluding hydrogens is 433 g/mol. The Hall–Kier alpha value is -2.67. The number of carbonyl (C=O) groups is 1. The first-order valence-electron chi connectivity index (χ1n) is 10.6. The lowest BCUT2D eigenvalue weighted by Gasteiger charge is -2.16. The molecule has 0 radical (unpaired) electrons. The van der Waals surface area contributed by atoms with Crippen LogP contribution in [-0.2, 0) is 12.6 Å². The lowest BCUT2D eigenvalue weighted by molar-refractivity contribution is -0.137. The molecule has 0 saturated carbocycles. The smallest absolute Gasteiger partial charge is 0.375 e. The number of carbonyl (C=O) groups excluding carboxylic acids is 1. The number of rotatable bonds is 8. The van der Waals surface area contributed by atoms with E-state index in [0.29, 0.717) is 29.0 Å². The third-order valence-corrected chi connectivity index (χ3v) is 6.60. The molecule has 0 atom stereocenters. The molecule has 0 N–H and O–H groups in total. The molecule has 1 aromatic heterocycles. The van der Waals surface area contributed by atoms with E-state index in [2.05, 4.69) is 16.8 Å². The van der Waals surface area contributed by atoms with Gasteiger partial charge in [0.1, 0.15) is 5.01 Å². The number of hydrogen-bond donors (Lipinski definition) is 0. The Bertz CT molecular complexity index is 1050. The lowest BCUT2D eigenvalue weighted by atomic mass is 10.0. The van der Waals surface area contributed by atoms with Crippen LogP contribution < -0.4 is 4.90 Å². The summed E-state index contributed by atoms with van der Waals surface area (Å²) in [5, 5.41) is 0.678. The molecule has 2 aromatic carbocycles. The van der Waals surface area contributed by atoms with Gasteiger partial charge in [-0.15, -0.1) is 11.3 Å². The maximum atomic E-state index is 12.8. The summed E-state index contributed by atoms with van der Waals surface area (Å²) in [6.45, 7) is 7.01. The van der Waals surface area contributed by atoms with Crippen molar-refractivity contribution in [1.29, 1.82) is 0 Å². The largest absolute Gasteiger partial charge is 0.416 e. The first kappa shape index (κ1) is 24.0. The van der Waals surface area contributed by atoms with Gasteiger partial charge in [0, 0.05) is 41.7 Å².